The summed E-state index contributed by atoms with van der Waals surface area (Å²) in [5, 5.41) is 1.03. The molecule has 0 saturated heterocycles. The van der Waals surface area contributed by atoms with Crippen molar-refractivity contribution in [3.8, 4) is 0 Å². The van der Waals surface area contributed by atoms with Crippen LogP contribution in [-0.4, -0.2) is 31.1 Å². The fourth-order valence-corrected chi connectivity index (χ4v) is 4.27. The van der Waals surface area contributed by atoms with Gasteiger partial charge in [0.15, 0.2) is 5.69 Å². The molecular weight excluding hydrogens is 304 g/mol. The van der Waals surface area contributed by atoms with Gasteiger partial charge in [0.25, 0.3) is 5.91 Å². The van der Waals surface area contributed by atoms with Crippen molar-refractivity contribution in [2.24, 2.45) is 5.92 Å². The van der Waals surface area contributed by atoms with Gasteiger partial charge in [0.05, 0.1) is 30.2 Å². The third-order valence-electron chi connectivity index (χ3n) is 3.81. The predicted molar refractivity (Wildman–Crippen MR) is 83.6 cm³/mol. The summed E-state index contributed by atoms with van der Waals surface area (Å²) in [6, 6.07) is 0. The normalized spacial score (nSPS) is 17.5. The van der Waals surface area contributed by atoms with E-state index in [9.17, 15) is 4.79 Å². The van der Waals surface area contributed by atoms with Crippen molar-refractivity contribution < 1.29 is 4.79 Å². The molecule has 1 aliphatic carbocycles. The Bertz CT molecular complexity index is 623. The number of nitrogens with zero attached hydrogens (tertiary/aromatic N) is 4. The summed E-state index contributed by atoms with van der Waals surface area (Å²) in [4.78, 5) is 20.3. The molecule has 2 aromatic rings. The van der Waals surface area contributed by atoms with Crippen molar-refractivity contribution in [3.05, 3.63) is 27.5 Å². The predicted octanol–water partition coefficient (Wildman–Crippen LogP) is 2.78. The van der Waals surface area contributed by atoms with Gasteiger partial charge in [-0.25, -0.2) is 4.98 Å². The van der Waals surface area contributed by atoms with Crippen molar-refractivity contribution in [2.45, 2.75) is 39.7 Å². The lowest BCUT2D eigenvalue weighted by atomic mass is 9.93. The molecule has 1 unspecified atom stereocenters. The molecule has 7 heteroatoms. The number of carbonyl (C=O) groups is 1. The minimum atomic E-state index is -0.0622. The van der Waals surface area contributed by atoms with Crippen LogP contribution < -0.4 is 0 Å². The zero-order chi connectivity index (χ0) is 14.8. The summed E-state index contributed by atoms with van der Waals surface area (Å²) < 4.78 is 7.92. The van der Waals surface area contributed by atoms with Gasteiger partial charge in [0.1, 0.15) is 5.01 Å². The largest absolute Gasteiger partial charge is 0.331 e. The first-order valence-electron chi connectivity index (χ1n) is 7.21. The number of hydrogen-bond donors (Lipinski definition) is 0. The molecule has 1 amide bonds. The minimum Gasteiger partial charge on any atom is -0.331 e. The highest BCUT2D eigenvalue weighted by molar-refractivity contribution is 7.11. The molecule has 2 aromatic heterocycles. The fraction of sp³-hybridized carbons (Fsp3) is 0.571. The topological polar surface area (TPSA) is 59.0 Å². The van der Waals surface area contributed by atoms with Crippen LogP contribution >= 0.6 is 23.1 Å². The number of rotatable bonds is 4. The molecule has 1 atom stereocenters. The maximum absolute atomic E-state index is 12.3. The van der Waals surface area contributed by atoms with Gasteiger partial charge in [-0.05, 0) is 32.1 Å². The molecule has 0 bridgehead atoms. The first-order chi connectivity index (χ1) is 10.2. The SMILES string of the molecule is CCN(Cc1nc2c(s1)CC(C)CC2)C(=O)c1cnsn1. The Kier molecular flexibility index (Phi) is 4.30. The van der Waals surface area contributed by atoms with Gasteiger partial charge < -0.3 is 4.90 Å². The quantitative estimate of drug-likeness (QED) is 0.868. The van der Waals surface area contributed by atoms with E-state index in [2.05, 4.69) is 15.7 Å². The molecule has 112 valence electrons. The Balaban J connectivity index is 1.74. The van der Waals surface area contributed by atoms with Crippen LogP contribution in [0.25, 0.3) is 0 Å². The average Bonchev–Trinajstić information content (AvgIpc) is 3.12. The molecular formula is C14H18N4OS2. The van der Waals surface area contributed by atoms with Crippen molar-refractivity contribution in [1.29, 1.82) is 0 Å². The van der Waals surface area contributed by atoms with Crippen LogP contribution in [0.5, 0.6) is 0 Å². The summed E-state index contributed by atoms with van der Waals surface area (Å²) in [5.41, 5.74) is 1.67. The maximum atomic E-state index is 12.3. The van der Waals surface area contributed by atoms with Crippen LogP contribution in [0.3, 0.4) is 0 Å². The lowest BCUT2D eigenvalue weighted by Crippen LogP contribution is -2.30. The number of amides is 1. The zero-order valence-corrected chi connectivity index (χ0v) is 13.8. The van der Waals surface area contributed by atoms with E-state index < -0.39 is 0 Å². The van der Waals surface area contributed by atoms with Crippen LogP contribution in [0.15, 0.2) is 6.20 Å². The second-order valence-corrected chi connectivity index (χ2v) is 7.16. The average molecular weight is 322 g/mol. The summed E-state index contributed by atoms with van der Waals surface area (Å²) >= 11 is 2.82. The van der Waals surface area contributed by atoms with Crippen LogP contribution in [-0.2, 0) is 19.4 Å². The highest BCUT2D eigenvalue weighted by atomic mass is 32.1. The molecule has 1 aliphatic rings. The summed E-state index contributed by atoms with van der Waals surface area (Å²) in [6.07, 6.45) is 4.95. The van der Waals surface area contributed by atoms with Crippen LogP contribution in [0.4, 0.5) is 0 Å². The Morgan fingerprint density at radius 3 is 3.10 bits per heavy atom. The molecule has 0 saturated carbocycles. The molecule has 2 heterocycles. The van der Waals surface area contributed by atoms with E-state index in [-0.39, 0.29) is 5.91 Å². The summed E-state index contributed by atoms with van der Waals surface area (Å²) in [6.45, 7) is 5.49. The first kappa shape index (κ1) is 14.6. The van der Waals surface area contributed by atoms with Gasteiger partial charge in [0.2, 0.25) is 0 Å². The molecule has 0 fully saturated rings. The van der Waals surface area contributed by atoms with Gasteiger partial charge >= 0.3 is 0 Å². The molecule has 0 radical (unpaired) electrons. The number of aromatic nitrogens is 3. The second-order valence-electron chi connectivity index (χ2n) is 5.44. The van der Waals surface area contributed by atoms with Crippen molar-refractivity contribution in [3.63, 3.8) is 0 Å². The maximum Gasteiger partial charge on any atom is 0.275 e. The number of hydrogen-bond acceptors (Lipinski definition) is 6. The monoisotopic (exact) mass is 322 g/mol. The van der Waals surface area contributed by atoms with Gasteiger partial charge in [-0.1, -0.05) is 6.92 Å². The third-order valence-corrected chi connectivity index (χ3v) is 5.39. The molecule has 3 rings (SSSR count). The highest BCUT2D eigenvalue weighted by Gasteiger charge is 2.22. The van der Waals surface area contributed by atoms with Crippen molar-refractivity contribution in [1.82, 2.24) is 18.6 Å². The molecule has 0 aliphatic heterocycles. The Hall–Kier alpha value is -1.34. The van der Waals surface area contributed by atoms with E-state index in [1.165, 1.54) is 23.2 Å². The van der Waals surface area contributed by atoms with Gasteiger partial charge in [0, 0.05) is 11.4 Å². The summed E-state index contributed by atoms with van der Waals surface area (Å²) in [7, 11) is 0. The van der Waals surface area contributed by atoms with Crippen molar-refractivity contribution in [2.75, 3.05) is 6.54 Å². The fourth-order valence-electron chi connectivity index (χ4n) is 2.57. The number of carbonyl (C=O) groups excluding carboxylic acids is 1. The van der Waals surface area contributed by atoms with Crippen LogP contribution in [0.1, 0.15) is 46.3 Å². The molecule has 21 heavy (non-hydrogen) atoms. The van der Waals surface area contributed by atoms with Gasteiger partial charge in [-0.15, -0.1) is 11.3 Å². The Morgan fingerprint density at radius 1 is 1.52 bits per heavy atom. The second kappa shape index (κ2) is 6.19. The number of aryl methyl sites for hydroxylation is 1. The van der Waals surface area contributed by atoms with Crippen LogP contribution in [0.2, 0.25) is 0 Å². The smallest absolute Gasteiger partial charge is 0.275 e. The minimum absolute atomic E-state index is 0.0622. The third kappa shape index (κ3) is 3.13. The molecule has 0 aromatic carbocycles. The van der Waals surface area contributed by atoms with Gasteiger partial charge in [-0.3, -0.25) is 4.79 Å². The van der Waals surface area contributed by atoms with E-state index in [1.54, 1.807) is 16.2 Å². The van der Waals surface area contributed by atoms with Gasteiger partial charge in [-0.2, -0.15) is 8.75 Å². The molecule has 5 nitrogen and oxygen atoms in total. The number of fused-ring (bicyclic) bond motifs is 1. The van der Waals surface area contributed by atoms with E-state index in [0.29, 0.717) is 18.8 Å². The molecule has 0 spiro atoms. The molecule has 0 N–H and O–H groups in total. The lowest BCUT2D eigenvalue weighted by Gasteiger charge is -2.17. The van der Waals surface area contributed by atoms with E-state index >= 15 is 0 Å². The summed E-state index contributed by atoms with van der Waals surface area (Å²) in [5.74, 6) is 0.684. The standard InChI is InChI=1S/C14H18N4OS2/c1-3-18(14(19)11-7-15-21-17-11)8-13-16-10-5-4-9(2)6-12(10)20-13/h7,9H,3-6,8H2,1-2H3. The lowest BCUT2D eigenvalue weighted by molar-refractivity contribution is 0.0747. The Morgan fingerprint density at radius 2 is 2.38 bits per heavy atom. The van der Waals surface area contributed by atoms with Crippen molar-refractivity contribution >= 4 is 29.0 Å². The van der Waals surface area contributed by atoms with E-state index in [0.717, 1.165) is 35.5 Å². The number of thiazole rings is 1. The first-order valence-corrected chi connectivity index (χ1v) is 8.76. The van der Waals surface area contributed by atoms with Crippen LogP contribution in [0, 0.1) is 5.92 Å². The van der Waals surface area contributed by atoms with E-state index in [1.807, 2.05) is 6.92 Å². The highest BCUT2D eigenvalue weighted by Crippen LogP contribution is 2.30. The van der Waals surface area contributed by atoms with E-state index in [4.69, 9.17) is 4.98 Å². The zero-order valence-electron chi connectivity index (χ0n) is 12.2. The Labute approximate surface area is 132 Å².